The van der Waals surface area contributed by atoms with Crippen LogP contribution < -0.4 is 4.74 Å². The van der Waals surface area contributed by atoms with Crippen molar-refractivity contribution in [2.24, 2.45) is 0 Å². The van der Waals surface area contributed by atoms with Gasteiger partial charge < -0.3 is 28.4 Å². The lowest BCUT2D eigenvalue weighted by atomic mass is 10.0. The lowest BCUT2D eigenvalue weighted by Gasteiger charge is -2.17. The van der Waals surface area contributed by atoms with E-state index in [1.807, 2.05) is 55.5 Å². The molecule has 0 unspecified atom stereocenters. The molecule has 0 amide bonds. The van der Waals surface area contributed by atoms with Gasteiger partial charge in [0.05, 0.1) is 25.4 Å². The number of unbranched alkanes of at least 4 members (excludes halogenated alkanes) is 3. The van der Waals surface area contributed by atoms with Gasteiger partial charge in [0, 0.05) is 12.2 Å². The fourth-order valence-corrected chi connectivity index (χ4v) is 4.23. The Bertz CT molecular complexity index is 1080. The standard InChI is InChI=1S/C33H44O8/c1-22(2)21-36-19-9-7-8-10-20-37-28-17-15-26(16-18-28)25-11-13-27(14-12-25)33-40-29(31(34)38-23(3)4)30(41-33)32(35)39-24(5)6/h11-18,23-24,29-30,33H,1,7-10,19-21H2,2-6H3/t29-,30-/m1/s1. The van der Waals surface area contributed by atoms with E-state index >= 15 is 0 Å². The SMILES string of the molecule is C=C(C)COCCCCCCOc1ccc(-c2ccc(C3O[C@@H](C(=O)OC(C)C)[C@H](C(=O)OC(C)C)O3)cc2)cc1. The maximum atomic E-state index is 12.6. The van der Waals surface area contributed by atoms with Crippen molar-refractivity contribution in [3.63, 3.8) is 0 Å². The topological polar surface area (TPSA) is 89.5 Å². The van der Waals surface area contributed by atoms with Crippen molar-refractivity contribution in [3.05, 3.63) is 66.2 Å². The smallest absolute Gasteiger partial charge is 0.339 e. The summed E-state index contributed by atoms with van der Waals surface area (Å²) in [4.78, 5) is 25.2. The van der Waals surface area contributed by atoms with Crippen LogP contribution in [0.4, 0.5) is 0 Å². The number of hydrogen-bond donors (Lipinski definition) is 0. The molecule has 0 bridgehead atoms. The minimum atomic E-state index is -1.21. The maximum absolute atomic E-state index is 12.6. The monoisotopic (exact) mass is 568 g/mol. The van der Waals surface area contributed by atoms with E-state index in [-0.39, 0.29) is 12.2 Å². The fourth-order valence-electron chi connectivity index (χ4n) is 4.23. The first-order valence-electron chi connectivity index (χ1n) is 14.4. The molecule has 1 aliphatic heterocycles. The van der Waals surface area contributed by atoms with E-state index in [9.17, 15) is 9.59 Å². The largest absolute Gasteiger partial charge is 0.494 e. The van der Waals surface area contributed by atoms with Gasteiger partial charge in [-0.05, 0) is 77.1 Å². The van der Waals surface area contributed by atoms with Crippen LogP contribution in [-0.2, 0) is 33.3 Å². The molecule has 2 aromatic carbocycles. The molecule has 8 nitrogen and oxygen atoms in total. The summed E-state index contributed by atoms with van der Waals surface area (Å²) in [6.07, 6.45) is 0.250. The average molecular weight is 569 g/mol. The summed E-state index contributed by atoms with van der Waals surface area (Å²) in [5.41, 5.74) is 3.76. The van der Waals surface area contributed by atoms with Crippen LogP contribution in [0.1, 0.15) is 72.2 Å². The molecule has 224 valence electrons. The van der Waals surface area contributed by atoms with Crippen LogP contribution in [0.25, 0.3) is 11.1 Å². The van der Waals surface area contributed by atoms with Crippen LogP contribution in [0.5, 0.6) is 5.75 Å². The van der Waals surface area contributed by atoms with Gasteiger partial charge in [-0.25, -0.2) is 9.59 Å². The molecule has 0 spiro atoms. The predicted molar refractivity (Wildman–Crippen MR) is 156 cm³/mol. The Balaban J connectivity index is 1.51. The molecular weight excluding hydrogens is 524 g/mol. The van der Waals surface area contributed by atoms with Crippen LogP contribution in [0.15, 0.2) is 60.7 Å². The quantitative estimate of drug-likeness (QED) is 0.128. The van der Waals surface area contributed by atoms with E-state index in [0.29, 0.717) is 18.8 Å². The highest BCUT2D eigenvalue weighted by molar-refractivity contribution is 5.86. The Morgan fingerprint density at radius 2 is 1.24 bits per heavy atom. The van der Waals surface area contributed by atoms with Gasteiger partial charge in [-0.15, -0.1) is 0 Å². The van der Waals surface area contributed by atoms with Crippen molar-refractivity contribution >= 4 is 11.9 Å². The molecule has 1 heterocycles. The second-order valence-electron chi connectivity index (χ2n) is 10.8. The minimum Gasteiger partial charge on any atom is -0.494 e. The van der Waals surface area contributed by atoms with Crippen LogP contribution in [0.2, 0.25) is 0 Å². The van der Waals surface area contributed by atoms with Gasteiger partial charge in [0.1, 0.15) is 5.75 Å². The number of esters is 2. The highest BCUT2D eigenvalue weighted by Crippen LogP contribution is 2.34. The molecule has 3 rings (SSSR count). The minimum absolute atomic E-state index is 0.356. The lowest BCUT2D eigenvalue weighted by Crippen LogP contribution is -2.40. The number of benzene rings is 2. The van der Waals surface area contributed by atoms with Crippen molar-refractivity contribution in [2.45, 2.75) is 91.0 Å². The highest BCUT2D eigenvalue weighted by Gasteiger charge is 2.48. The second kappa shape index (κ2) is 16.3. The molecule has 0 aliphatic carbocycles. The van der Waals surface area contributed by atoms with Crippen molar-refractivity contribution < 1.29 is 38.0 Å². The molecular formula is C33H44O8. The third-order valence-electron chi connectivity index (χ3n) is 6.15. The second-order valence-corrected chi connectivity index (χ2v) is 10.8. The molecule has 41 heavy (non-hydrogen) atoms. The summed E-state index contributed by atoms with van der Waals surface area (Å²) in [7, 11) is 0. The zero-order valence-corrected chi connectivity index (χ0v) is 24.9. The summed E-state index contributed by atoms with van der Waals surface area (Å²) in [6, 6.07) is 15.6. The summed E-state index contributed by atoms with van der Waals surface area (Å²) in [5.74, 6) is -0.478. The fraction of sp³-hybridized carbons (Fsp3) is 0.515. The molecule has 0 saturated carbocycles. The van der Waals surface area contributed by atoms with Gasteiger partial charge in [0.25, 0.3) is 0 Å². The summed E-state index contributed by atoms with van der Waals surface area (Å²) in [5, 5.41) is 0. The van der Waals surface area contributed by atoms with Crippen molar-refractivity contribution in [2.75, 3.05) is 19.8 Å². The van der Waals surface area contributed by atoms with Crippen molar-refractivity contribution in [3.8, 4) is 16.9 Å². The molecule has 0 aromatic heterocycles. The van der Waals surface area contributed by atoms with E-state index in [4.69, 9.17) is 28.4 Å². The summed E-state index contributed by atoms with van der Waals surface area (Å²) in [6.45, 7) is 14.8. The molecule has 0 radical (unpaired) electrons. The van der Waals surface area contributed by atoms with E-state index in [0.717, 1.165) is 54.7 Å². The molecule has 2 atom stereocenters. The van der Waals surface area contributed by atoms with Crippen molar-refractivity contribution in [1.29, 1.82) is 0 Å². The van der Waals surface area contributed by atoms with Gasteiger partial charge in [0.2, 0.25) is 0 Å². The number of ether oxygens (including phenoxy) is 6. The Morgan fingerprint density at radius 3 is 1.73 bits per heavy atom. The molecule has 1 saturated heterocycles. The number of rotatable bonds is 16. The molecule has 1 fully saturated rings. The van der Waals surface area contributed by atoms with E-state index in [1.54, 1.807) is 27.7 Å². The van der Waals surface area contributed by atoms with Crippen LogP contribution in [0.3, 0.4) is 0 Å². The zero-order valence-electron chi connectivity index (χ0n) is 24.9. The van der Waals surface area contributed by atoms with E-state index in [1.165, 1.54) is 0 Å². The van der Waals surface area contributed by atoms with E-state index < -0.39 is 30.4 Å². The summed E-state index contributed by atoms with van der Waals surface area (Å²) >= 11 is 0. The first-order chi connectivity index (χ1) is 19.6. The summed E-state index contributed by atoms with van der Waals surface area (Å²) < 4.78 is 33.7. The Kier molecular flexibility index (Phi) is 12.8. The maximum Gasteiger partial charge on any atom is 0.339 e. The van der Waals surface area contributed by atoms with Gasteiger partial charge >= 0.3 is 11.9 Å². The van der Waals surface area contributed by atoms with Gasteiger partial charge in [-0.1, -0.05) is 55.0 Å². The zero-order chi connectivity index (χ0) is 29.8. The van der Waals surface area contributed by atoms with E-state index in [2.05, 4.69) is 6.58 Å². The van der Waals surface area contributed by atoms with Crippen LogP contribution >= 0.6 is 0 Å². The van der Waals surface area contributed by atoms with Crippen LogP contribution in [-0.4, -0.2) is 56.2 Å². The lowest BCUT2D eigenvalue weighted by molar-refractivity contribution is -0.167. The molecule has 1 aliphatic rings. The Hall–Kier alpha value is -3.20. The first-order valence-corrected chi connectivity index (χ1v) is 14.4. The molecule has 0 N–H and O–H groups in total. The van der Waals surface area contributed by atoms with Gasteiger partial charge in [-0.2, -0.15) is 0 Å². The van der Waals surface area contributed by atoms with Crippen molar-refractivity contribution in [1.82, 2.24) is 0 Å². The Labute approximate surface area is 243 Å². The predicted octanol–water partition coefficient (Wildman–Crippen LogP) is 6.57. The molecule has 2 aromatic rings. The third-order valence-corrected chi connectivity index (χ3v) is 6.15. The number of carbonyl (C=O) groups excluding carboxylic acids is 2. The number of hydrogen-bond acceptors (Lipinski definition) is 8. The first kappa shape index (κ1) is 32.3. The third kappa shape index (κ3) is 10.6. The molecule has 8 heteroatoms. The highest BCUT2D eigenvalue weighted by atomic mass is 16.8. The van der Waals surface area contributed by atoms with Crippen LogP contribution in [0, 0.1) is 0 Å². The Morgan fingerprint density at radius 1 is 0.756 bits per heavy atom. The number of carbonyl (C=O) groups is 2. The van der Waals surface area contributed by atoms with Gasteiger partial charge in [-0.3, -0.25) is 0 Å². The normalized spacial score (nSPS) is 17.1. The van der Waals surface area contributed by atoms with Gasteiger partial charge in [0.15, 0.2) is 18.5 Å². The average Bonchev–Trinajstić information content (AvgIpc) is 3.38.